The molecular weight excluding hydrogens is 271 g/mol. The molecule has 106 valence electrons. The lowest BCUT2D eigenvalue weighted by Crippen LogP contribution is -2.28. The van der Waals surface area contributed by atoms with Crippen molar-refractivity contribution in [1.82, 2.24) is 5.32 Å². The molecule has 5 heteroatoms. The van der Waals surface area contributed by atoms with Crippen LogP contribution in [0, 0.1) is 17.1 Å². The smallest absolute Gasteiger partial charge is 0.408 e. The van der Waals surface area contributed by atoms with Crippen LogP contribution < -0.4 is 5.32 Å². The van der Waals surface area contributed by atoms with Gasteiger partial charge < -0.3 is 10.1 Å². The van der Waals surface area contributed by atoms with Crippen LogP contribution in [0.3, 0.4) is 0 Å². The molecule has 1 amide bonds. The topological polar surface area (TPSA) is 62.1 Å². The van der Waals surface area contributed by atoms with Gasteiger partial charge in [-0.15, -0.1) is 0 Å². The van der Waals surface area contributed by atoms with E-state index in [0.717, 1.165) is 5.56 Å². The van der Waals surface area contributed by atoms with Crippen LogP contribution in [0.5, 0.6) is 0 Å². The van der Waals surface area contributed by atoms with E-state index in [0.29, 0.717) is 0 Å². The van der Waals surface area contributed by atoms with Crippen molar-refractivity contribution in [2.75, 3.05) is 0 Å². The first kappa shape index (κ1) is 14.5. The number of halogens is 1. The van der Waals surface area contributed by atoms with E-state index in [1.807, 2.05) is 36.4 Å². The maximum Gasteiger partial charge on any atom is 0.408 e. The lowest BCUT2D eigenvalue weighted by atomic mass is 10.1. The zero-order chi connectivity index (χ0) is 15.1. The molecule has 2 rings (SSSR count). The Bertz CT molecular complexity index is 653. The number of hydrogen-bond acceptors (Lipinski definition) is 3. The Balaban J connectivity index is 1.95. The standard InChI is InChI=1S/C16H13FN2O2/c17-14-9-5-4-8-13(14)15(10-18)19-16(20)21-11-12-6-2-1-3-7-12/h1-9,15H,11H2,(H,19,20). The van der Waals surface area contributed by atoms with Gasteiger partial charge in [0.15, 0.2) is 0 Å². The molecule has 0 heterocycles. The highest BCUT2D eigenvalue weighted by atomic mass is 19.1. The van der Waals surface area contributed by atoms with Crippen molar-refractivity contribution in [3.63, 3.8) is 0 Å². The van der Waals surface area contributed by atoms with Crippen LogP contribution >= 0.6 is 0 Å². The molecule has 0 bridgehead atoms. The van der Waals surface area contributed by atoms with Gasteiger partial charge in [-0.25, -0.2) is 9.18 Å². The van der Waals surface area contributed by atoms with E-state index < -0.39 is 18.0 Å². The van der Waals surface area contributed by atoms with Crippen LogP contribution in [0.2, 0.25) is 0 Å². The SMILES string of the molecule is N#CC(NC(=O)OCc1ccccc1)c1ccccc1F. The first-order chi connectivity index (χ1) is 10.2. The third-order valence-electron chi connectivity index (χ3n) is 2.82. The molecule has 2 aromatic carbocycles. The first-order valence-corrected chi connectivity index (χ1v) is 6.32. The average Bonchev–Trinajstić information content (AvgIpc) is 2.52. The van der Waals surface area contributed by atoms with Crippen molar-refractivity contribution in [3.05, 3.63) is 71.5 Å². The summed E-state index contributed by atoms with van der Waals surface area (Å²) in [7, 11) is 0. The minimum Gasteiger partial charge on any atom is -0.445 e. The average molecular weight is 284 g/mol. The number of alkyl carbamates (subject to hydrolysis) is 1. The second-order valence-corrected chi connectivity index (χ2v) is 4.29. The maximum absolute atomic E-state index is 13.6. The number of ether oxygens (including phenoxy) is 1. The third kappa shape index (κ3) is 4.05. The van der Waals surface area contributed by atoms with Crippen LogP contribution in [0.1, 0.15) is 17.2 Å². The highest BCUT2D eigenvalue weighted by Gasteiger charge is 2.17. The van der Waals surface area contributed by atoms with Gasteiger partial charge in [0, 0.05) is 5.56 Å². The molecule has 21 heavy (non-hydrogen) atoms. The molecule has 1 atom stereocenters. The number of carbonyl (C=O) groups excluding carboxylic acids is 1. The Morgan fingerprint density at radius 1 is 1.19 bits per heavy atom. The second kappa shape index (κ2) is 7.06. The molecule has 0 aliphatic carbocycles. The Hall–Kier alpha value is -2.87. The molecule has 0 aliphatic heterocycles. The number of carbonyl (C=O) groups is 1. The second-order valence-electron chi connectivity index (χ2n) is 4.29. The molecule has 0 spiro atoms. The van der Waals surface area contributed by atoms with E-state index in [4.69, 9.17) is 10.00 Å². The number of benzene rings is 2. The van der Waals surface area contributed by atoms with E-state index in [1.165, 1.54) is 18.2 Å². The van der Waals surface area contributed by atoms with Gasteiger partial charge in [-0.3, -0.25) is 0 Å². The molecule has 1 N–H and O–H groups in total. The molecule has 0 aromatic heterocycles. The van der Waals surface area contributed by atoms with Gasteiger partial charge in [0.05, 0.1) is 6.07 Å². The number of nitriles is 1. The number of hydrogen-bond donors (Lipinski definition) is 1. The van der Waals surface area contributed by atoms with Crippen LogP contribution in [-0.2, 0) is 11.3 Å². The lowest BCUT2D eigenvalue weighted by Gasteiger charge is -2.13. The highest BCUT2D eigenvalue weighted by molar-refractivity contribution is 5.68. The van der Waals surface area contributed by atoms with Crippen molar-refractivity contribution in [1.29, 1.82) is 5.26 Å². The van der Waals surface area contributed by atoms with Crippen molar-refractivity contribution in [2.45, 2.75) is 12.6 Å². The monoisotopic (exact) mass is 284 g/mol. The fraction of sp³-hybridized carbons (Fsp3) is 0.125. The van der Waals surface area contributed by atoms with Crippen LogP contribution in [0.4, 0.5) is 9.18 Å². The summed E-state index contributed by atoms with van der Waals surface area (Å²) in [5.41, 5.74) is 0.934. The summed E-state index contributed by atoms with van der Waals surface area (Å²) in [6, 6.07) is 15.7. The van der Waals surface area contributed by atoms with Gasteiger partial charge in [0.25, 0.3) is 0 Å². The van der Waals surface area contributed by atoms with Gasteiger partial charge in [0.2, 0.25) is 0 Å². The Labute approximate surface area is 121 Å². The number of amides is 1. The summed E-state index contributed by atoms with van der Waals surface area (Å²) >= 11 is 0. The first-order valence-electron chi connectivity index (χ1n) is 6.32. The summed E-state index contributed by atoms with van der Waals surface area (Å²) in [5, 5.41) is 11.4. The molecule has 4 nitrogen and oxygen atoms in total. The summed E-state index contributed by atoms with van der Waals surface area (Å²) in [6.07, 6.45) is -0.770. The van der Waals surface area contributed by atoms with E-state index >= 15 is 0 Å². The fourth-order valence-electron chi connectivity index (χ4n) is 1.77. The van der Waals surface area contributed by atoms with Crippen molar-refractivity contribution in [2.24, 2.45) is 0 Å². The molecule has 0 fully saturated rings. The van der Waals surface area contributed by atoms with E-state index in [9.17, 15) is 9.18 Å². The van der Waals surface area contributed by atoms with Crippen molar-refractivity contribution < 1.29 is 13.9 Å². The molecule has 1 unspecified atom stereocenters. The zero-order valence-electron chi connectivity index (χ0n) is 11.1. The maximum atomic E-state index is 13.6. The van der Waals surface area contributed by atoms with Crippen LogP contribution in [0.15, 0.2) is 54.6 Å². The van der Waals surface area contributed by atoms with Crippen LogP contribution in [0.25, 0.3) is 0 Å². The van der Waals surface area contributed by atoms with Gasteiger partial charge >= 0.3 is 6.09 Å². The summed E-state index contributed by atoms with van der Waals surface area (Å²) in [4.78, 5) is 11.7. The number of nitrogens with one attached hydrogen (secondary N) is 1. The molecular formula is C16H13FN2O2. The molecule has 0 saturated heterocycles. The van der Waals surface area contributed by atoms with Gasteiger partial charge in [0.1, 0.15) is 18.5 Å². The van der Waals surface area contributed by atoms with E-state index in [2.05, 4.69) is 5.32 Å². The van der Waals surface area contributed by atoms with Gasteiger partial charge in [-0.2, -0.15) is 5.26 Å². The number of nitrogens with zero attached hydrogens (tertiary/aromatic N) is 1. The Kier molecular flexibility index (Phi) is 4.89. The lowest BCUT2D eigenvalue weighted by molar-refractivity contribution is 0.137. The van der Waals surface area contributed by atoms with Crippen LogP contribution in [-0.4, -0.2) is 6.09 Å². The minimum absolute atomic E-state index is 0.0854. The summed E-state index contributed by atoms with van der Waals surface area (Å²) < 4.78 is 18.6. The van der Waals surface area contributed by atoms with E-state index in [1.54, 1.807) is 6.07 Å². The molecule has 0 radical (unpaired) electrons. The Morgan fingerprint density at radius 3 is 2.52 bits per heavy atom. The number of rotatable bonds is 4. The summed E-state index contributed by atoms with van der Waals surface area (Å²) in [6.45, 7) is 0.0854. The summed E-state index contributed by atoms with van der Waals surface area (Å²) in [5.74, 6) is -0.549. The van der Waals surface area contributed by atoms with Crippen molar-refractivity contribution in [3.8, 4) is 6.07 Å². The molecule has 0 saturated carbocycles. The van der Waals surface area contributed by atoms with Gasteiger partial charge in [-0.1, -0.05) is 48.5 Å². The highest BCUT2D eigenvalue weighted by Crippen LogP contribution is 2.16. The Morgan fingerprint density at radius 2 is 1.86 bits per heavy atom. The zero-order valence-corrected chi connectivity index (χ0v) is 11.1. The van der Waals surface area contributed by atoms with E-state index in [-0.39, 0.29) is 12.2 Å². The minimum atomic E-state index is -1.09. The van der Waals surface area contributed by atoms with Gasteiger partial charge in [-0.05, 0) is 11.6 Å². The molecule has 2 aromatic rings. The third-order valence-corrected chi connectivity index (χ3v) is 2.82. The predicted molar refractivity (Wildman–Crippen MR) is 74.5 cm³/mol. The predicted octanol–water partition coefficient (Wildman–Crippen LogP) is 3.32. The normalized spacial score (nSPS) is 11.2. The van der Waals surface area contributed by atoms with Crippen molar-refractivity contribution >= 4 is 6.09 Å². The quantitative estimate of drug-likeness (QED) is 0.936. The molecule has 0 aliphatic rings. The largest absolute Gasteiger partial charge is 0.445 e. The fourth-order valence-corrected chi connectivity index (χ4v) is 1.77.